The normalized spacial score (nSPS) is 14.6. The van der Waals surface area contributed by atoms with Gasteiger partial charge in [-0.25, -0.2) is 4.98 Å². The molecule has 0 radical (unpaired) electrons. The highest BCUT2D eigenvalue weighted by molar-refractivity contribution is 5.43. The molecule has 0 spiro atoms. The largest absolute Gasteiger partial charge is 0.357 e. The van der Waals surface area contributed by atoms with Gasteiger partial charge in [-0.3, -0.25) is 0 Å². The molecule has 1 aliphatic carbocycles. The molecule has 112 valence electrons. The van der Waals surface area contributed by atoms with E-state index in [1.807, 2.05) is 0 Å². The number of pyridine rings is 1. The molecule has 1 heterocycles. The number of rotatable bonds is 9. The molecule has 3 nitrogen and oxygen atoms in total. The highest BCUT2D eigenvalue weighted by Gasteiger charge is 2.24. The predicted octanol–water partition coefficient (Wildman–Crippen LogP) is 3.38. The molecule has 0 amide bonds. The van der Waals surface area contributed by atoms with Crippen molar-refractivity contribution in [3.63, 3.8) is 0 Å². The Morgan fingerprint density at radius 1 is 1.25 bits per heavy atom. The van der Waals surface area contributed by atoms with Crippen molar-refractivity contribution in [2.24, 2.45) is 5.92 Å². The highest BCUT2D eigenvalue weighted by Crippen LogP contribution is 2.31. The zero-order valence-corrected chi connectivity index (χ0v) is 13.3. The molecule has 0 aliphatic heterocycles. The van der Waals surface area contributed by atoms with Crippen molar-refractivity contribution in [1.82, 2.24) is 10.3 Å². The van der Waals surface area contributed by atoms with E-state index in [0.29, 0.717) is 0 Å². The Bertz CT molecular complexity index is 413. The summed E-state index contributed by atoms with van der Waals surface area (Å²) in [6, 6.07) is 4.52. The van der Waals surface area contributed by atoms with Crippen LogP contribution in [0.5, 0.6) is 0 Å². The summed E-state index contributed by atoms with van der Waals surface area (Å²) in [5.74, 6) is 2.08. The summed E-state index contributed by atoms with van der Waals surface area (Å²) in [4.78, 5) is 7.27. The molecule has 0 unspecified atom stereocenters. The van der Waals surface area contributed by atoms with E-state index < -0.39 is 0 Å². The number of aryl methyl sites for hydroxylation is 1. The summed E-state index contributed by atoms with van der Waals surface area (Å²) >= 11 is 0. The van der Waals surface area contributed by atoms with Crippen LogP contribution < -0.4 is 10.2 Å². The topological polar surface area (TPSA) is 28.2 Å². The lowest BCUT2D eigenvalue weighted by Gasteiger charge is -2.23. The lowest BCUT2D eigenvalue weighted by molar-refractivity contribution is 0.672. The minimum atomic E-state index is 0.906. The van der Waals surface area contributed by atoms with Gasteiger partial charge in [-0.05, 0) is 62.8 Å². The van der Waals surface area contributed by atoms with Crippen molar-refractivity contribution < 1.29 is 0 Å². The van der Waals surface area contributed by atoms with Crippen LogP contribution in [0, 0.1) is 5.92 Å². The number of aromatic nitrogens is 1. The molecule has 1 aliphatic rings. The third-order valence-corrected chi connectivity index (χ3v) is 3.92. The van der Waals surface area contributed by atoms with Gasteiger partial charge in [0.25, 0.3) is 0 Å². The molecule has 0 bridgehead atoms. The average Bonchev–Trinajstić information content (AvgIpc) is 3.28. The Labute approximate surface area is 123 Å². The van der Waals surface area contributed by atoms with Crippen molar-refractivity contribution >= 4 is 5.82 Å². The predicted molar refractivity (Wildman–Crippen MR) is 86.2 cm³/mol. The minimum Gasteiger partial charge on any atom is -0.357 e. The van der Waals surface area contributed by atoms with Crippen LogP contribution >= 0.6 is 0 Å². The maximum Gasteiger partial charge on any atom is 0.129 e. The second kappa shape index (κ2) is 7.63. The van der Waals surface area contributed by atoms with Gasteiger partial charge >= 0.3 is 0 Å². The third kappa shape index (κ3) is 4.48. The van der Waals surface area contributed by atoms with Crippen molar-refractivity contribution in [1.29, 1.82) is 0 Å². The number of anilines is 1. The monoisotopic (exact) mass is 275 g/mol. The van der Waals surface area contributed by atoms with E-state index in [1.165, 1.54) is 42.9 Å². The lowest BCUT2D eigenvalue weighted by Crippen LogP contribution is -2.27. The lowest BCUT2D eigenvalue weighted by atomic mass is 10.1. The smallest absolute Gasteiger partial charge is 0.129 e. The first kappa shape index (κ1) is 15.3. The van der Waals surface area contributed by atoms with Gasteiger partial charge in [-0.1, -0.05) is 13.8 Å². The second-order valence-electron chi connectivity index (χ2n) is 5.84. The van der Waals surface area contributed by atoms with Crippen LogP contribution in [0.2, 0.25) is 0 Å². The fourth-order valence-electron chi connectivity index (χ4n) is 2.48. The Morgan fingerprint density at radius 3 is 2.65 bits per heavy atom. The van der Waals surface area contributed by atoms with Gasteiger partial charge in [-0.15, -0.1) is 0 Å². The summed E-state index contributed by atoms with van der Waals surface area (Å²) < 4.78 is 0. The molecular formula is C17H29N3. The van der Waals surface area contributed by atoms with Crippen molar-refractivity contribution in [2.75, 3.05) is 24.5 Å². The van der Waals surface area contributed by atoms with E-state index in [-0.39, 0.29) is 0 Å². The summed E-state index contributed by atoms with van der Waals surface area (Å²) in [5, 5.41) is 3.49. The Kier molecular flexibility index (Phi) is 5.84. The number of hydrogen-bond donors (Lipinski definition) is 1. The van der Waals surface area contributed by atoms with Crippen molar-refractivity contribution in [3.05, 3.63) is 23.4 Å². The minimum absolute atomic E-state index is 0.906. The molecule has 1 aromatic heterocycles. The van der Waals surface area contributed by atoms with Gasteiger partial charge < -0.3 is 10.2 Å². The van der Waals surface area contributed by atoms with E-state index >= 15 is 0 Å². The first-order valence-electron chi connectivity index (χ1n) is 8.22. The first-order valence-corrected chi connectivity index (χ1v) is 8.22. The van der Waals surface area contributed by atoms with E-state index in [9.17, 15) is 0 Å². The summed E-state index contributed by atoms with van der Waals surface area (Å²) in [6.45, 7) is 10.9. The fraction of sp³-hybridized carbons (Fsp3) is 0.706. The third-order valence-electron chi connectivity index (χ3n) is 3.92. The van der Waals surface area contributed by atoms with Crippen molar-refractivity contribution in [3.8, 4) is 0 Å². The molecule has 1 fully saturated rings. The Morgan fingerprint density at radius 2 is 2.05 bits per heavy atom. The molecular weight excluding hydrogens is 246 g/mol. The van der Waals surface area contributed by atoms with Crippen molar-refractivity contribution in [2.45, 2.75) is 53.0 Å². The SMILES string of the molecule is CCCNCc1cc(CC)nc(N(CC)CC2CC2)c1. The molecule has 2 rings (SSSR count). The number of nitrogens with zero attached hydrogens (tertiary/aromatic N) is 2. The molecule has 0 saturated heterocycles. The number of nitrogens with one attached hydrogen (secondary N) is 1. The van der Waals surface area contributed by atoms with Crippen LogP contribution in [0.4, 0.5) is 5.82 Å². The van der Waals surface area contributed by atoms with Gasteiger partial charge in [-0.2, -0.15) is 0 Å². The van der Waals surface area contributed by atoms with Crippen LogP contribution in [-0.4, -0.2) is 24.6 Å². The molecule has 3 heteroatoms. The van der Waals surface area contributed by atoms with Crippen LogP contribution in [0.1, 0.15) is 51.3 Å². The Hall–Kier alpha value is -1.09. The van der Waals surface area contributed by atoms with Gasteiger partial charge in [0.05, 0.1) is 0 Å². The molecule has 0 atom stereocenters. The molecule has 1 N–H and O–H groups in total. The fourth-order valence-corrected chi connectivity index (χ4v) is 2.48. The maximum atomic E-state index is 4.83. The van der Waals surface area contributed by atoms with E-state index in [1.54, 1.807) is 0 Å². The maximum absolute atomic E-state index is 4.83. The van der Waals surface area contributed by atoms with Crippen LogP contribution in [0.3, 0.4) is 0 Å². The second-order valence-corrected chi connectivity index (χ2v) is 5.84. The van der Waals surface area contributed by atoms with E-state index in [2.05, 4.69) is 43.1 Å². The quantitative estimate of drug-likeness (QED) is 0.700. The standard InChI is InChI=1S/C17H29N3/c1-4-9-18-12-15-10-16(5-2)19-17(11-15)20(6-3)13-14-7-8-14/h10-11,14,18H,4-9,12-13H2,1-3H3. The van der Waals surface area contributed by atoms with E-state index in [4.69, 9.17) is 4.98 Å². The van der Waals surface area contributed by atoms with Gasteiger partial charge in [0.2, 0.25) is 0 Å². The van der Waals surface area contributed by atoms with Crippen LogP contribution in [-0.2, 0) is 13.0 Å². The van der Waals surface area contributed by atoms with Gasteiger partial charge in [0.1, 0.15) is 5.82 Å². The molecule has 20 heavy (non-hydrogen) atoms. The van der Waals surface area contributed by atoms with E-state index in [0.717, 1.165) is 32.0 Å². The average molecular weight is 275 g/mol. The van der Waals surface area contributed by atoms with Gasteiger partial charge in [0, 0.05) is 25.3 Å². The number of hydrogen-bond acceptors (Lipinski definition) is 3. The summed E-state index contributed by atoms with van der Waals surface area (Å²) in [7, 11) is 0. The summed E-state index contributed by atoms with van der Waals surface area (Å²) in [5.41, 5.74) is 2.58. The first-order chi connectivity index (χ1) is 9.76. The highest BCUT2D eigenvalue weighted by atomic mass is 15.2. The van der Waals surface area contributed by atoms with Crippen LogP contribution in [0.15, 0.2) is 12.1 Å². The zero-order chi connectivity index (χ0) is 14.4. The molecule has 1 aromatic rings. The Balaban J connectivity index is 2.10. The zero-order valence-electron chi connectivity index (χ0n) is 13.3. The van der Waals surface area contributed by atoms with Gasteiger partial charge in [0.15, 0.2) is 0 Å². The van der Waals surface area contributed by atoms with Crippen LogP contribution in [0.25, 0.3) is 0 Å². The molecule has 1 saturated carbocycles. The molecule has 0 aromatic carbocycles. The summed E-state index contributed by atoms with van der Waals surface area (Å²) in [6.07, 6.45) is 4.99.